The summed E-state index contributed by atoms with van der Waals surface area (Å²) >= 11 is 0. The summed E-state index contributed by atoms with van der Waals surface area (Å²) in [4.78, 5) is 13.5. The maximum absolute atomic E-state index is 8.97. The third kappa shape index (κ3) is 4.73. The first-order valence-corrected chi connectivity index (χ1v) is 9.14. The van der Waals surface area contributed by atoms with Gasteiger partial charge in [0.2, 0.25) is 0 Å². The molecule has 0 saturated carbocycles. The molecule has 0 spiro atoms. The lowest BCUT2D eigenvalue weighted by Crippen LogP contribution is -2.05. The number of hydrogen-bond acceptors (Lipinski definition) is 6. The Morgan fingerprint density at radius 3 is 2.38 bits per heavy atom. The van der Waals surface area contributed by atoms with Crippen LogP contribution in [0.4, 0.5) is 17.3 Å². The molecule has 0 atom stereocenters. The number of anilines is 3. The van der Waals surface area contributed by atoms with E-state index in [1.807, 2.05) is 66.9 Å². The SMILES string of the molecule is N#Cc1ccc(Nc2cc(NCc3cccnc3)nc(-c3ccccc3)n2)cc1. The zero-order chi connectivity index (χ0) is 19.9. The number of nitrogens with one attached hydrogen (secondary N) is 2. The first kappa shape index (κ1) is 18.1. The van der Waals surface area contributed by atoms with Gasteiger partial charge in [-0.15, -0.1) is 0 Å². The van der Waals surface area contributed by atoms with Crippen LogP contribution in [0.2, 0.25) is 0 Å². The Hall–Kier alpha value is -4.24. The molecule has 0 saturated heterocycles. The van der Waals surface area contributed by atoms with Gasteiger partial charge in [-0.2, -0.15) is 5.26 Å². The van der Waals surface area contributed by atoms with Gasteiger partial charge in [0.1, 0.15) is 11.6 Å². The summed E-state index contributed by atoms with van der Waals surface area (Å²) in [5.41, 5.74) is 3.45. The lowest BCUT2D eigenvalue weighted by molar-refractivity contribution is 1.07. The highest BCUT2D eigenvalue weighted by Crippen LogP contribution is 2.23. The zero-order valence-electron chi connectivity index (χ0n) is 15.6. The van der Waals surface area contributed by atoms with E-state index in [4.69, 9.17) is 5.26 Å². The number of rotatable bonds is 6. The van der Waals surface area contributed by atoms with Gasteiger partial charge in [0, 0.05) is 36.3 Å². The molecule has 6 nitrogen and oxygen atoms in total. The topological polar surface area (TPSA) is 86.5 Å². The van der Waals surface area contributed by atoms with E-state index in [0.717, 1.165) is 16.8 Å². The highest BCUT2D eigenvalue weighted by atomic mass is 15.1. The van der Waals surface area contributed by atoms with Crippen LogP contribution in [0.25, 0.3) is 11.4 Å². The van der Waals surface area contributed by atoms with Crippen molar-refractivity contribution in [1.29, 1.82) is 5.26 Å². The van der Waals surface area contributed by atoms with Crippen molar-refractivity contribution in [1.82, 2.24) is 15.0 Å². The van der Waals surface area contributed by atoms with E-state index in [-0.39, 0.29) is 0 Å². The summed E-state index contributed by atoms with van der Waals surface area (Å²) in [6.45, 7) is 0.607. The second kappa shape index (κ2) is 8.63. The van der Waals surface area contributed by atoms with Crippen LogP contribution in [-0.4, -0.2) is 15.0 Å². The molecule has 2 aromatic carbocycles. The fraction of sp³-hybridized carbons (Fsp3) is 0.0435. The highest BCUT2D eigenvalue weighted by molar-refractivity contribution is 5.65. The van der Waals surface area contributed by atoms with E-state index in [1.165, 1.54) is 0 Å². The quantitative estimate of drug-likeness (QED) is 0.503. The summed E-state index contributed by atoms with van der Waals surface area (Å²) in [7, 11) is 0. The van der Waals surface area contributed by atoms with Gasteiger partial charge in [-0.3, -0.25) is 4.98 Å². The van der Waals surface area contributed by atoms with E-state index < -0.39 is 0 Å². The van der Waals surface area contributed by atoms with Gasteiger partial charge in [-0.25, -0.2) is 9.97 Å². The first-order chi connectivity index (χ1) is 14.3. The molecule has 29 heavy (non-hydrogen) atoms. The number of nitrogens with zero attached hydrogens (tertiary/aromatic N) is 4. The fourth-order valence-corrected chi connectivity index (χ4v) is 2.79. The average molecular weight is 378 g/mol. The molecule has 0 aliphatic rings. The minimum Gasteiger partial charge on any atom is -0.366 e. The first-order valence-electron chi connectivity index (χ1n) is 9.14. The molecule has 4 rings (SSSR count). The third-order valence-corrected chi connectivity index (χ3v) is 4.24. The van der Waals surface area contributed by atoms with Gasteiger partial charge in [-0.05, 0) is 35.9 Å². The molecule has 0 amide bonds. The van der Waals surface area contributed by atoms with Crippen molar-refractivity contribution < 1.29 is 0 Å². The maximum atomic E-state index is 8.97. The standard InChI is InChI=1S/C23H18N6/c24-14-17-8-10-20(11-9-17)27-22-13-21(26-16-18-5-4-12-25-15-18)28-23(29-22)19-6-2-1-3-7-19/h1-13,15H,16H2,(H2,26,27,28,29). The van der Waals surface area contributed by atoms with E-state index in [2.05, 4.69) is 31.7 Å². The molecular weight excluding hydrogens is 360 g/mol. The normalized spacial score (nSPS) is 10.2. The van der Waals surface area contributed by atoms with Gasteiger partial charge in [-0.1, -0.05) is 36.4 Å². The summed E-state index contributed by atoms with van der Waals surface area (Å²) < 4.78 is 0. The van der Waals surface area contributed by atoms with Crippen molar-refractivity contribution in [2.75, 3.05) is 10.6 Å². The van der Waals surface area contributed by atoms with Crippen molar-refractivity contribution in [2.24, 2.45) is 0 Å². The molecule has 2 aromatic heterocycles. The van der Waals surface area contributed by atoms with Gasteiger partial charge in [0.05, 0.1) is 11.6 Å². The average Bonchev–Trinajstić information content (AvgIpc) is 2.79. The van der Waals surface area contributed by atoms with E-state index in [1.54, 1.807) is 18.3 Å². The fourth-order valence-electron chi connectivity index (χ4n) is 2.79. The predicted molar refractivity (Wildman–Crippen MR) is 113 cm³/mol. The predicted octanol–water partition coefficient (Wildman–Crippen LogP) is 4.77. The van der Waals surface area contributed by atoms with Crippen molar-refractivity contribution in [3.63, 3.8) is 0 Å². The molecule has 6 heteroatoms. The summed E-state index contributed by atoms with van der Waals surface area (Å²) in [6, 6.07) is 25.0. The van der Waals surface area contributed by atoms with Crippen LogP contribution in [-0.2, 0) is 6.54 Å². The molecule has 0 fully saturated rings. The third-order valence-electron chi connectivity index (χ3n) is 4.24. The van der Waals surface area contributed by atoms with Crippen LogP contribution in [0, 0.1) is 11.3 Å². The number of pyridine rings is 1. The Bertz CT molecular complexity index is 1120. The molecule has 0 unspecified atom stereocenters. The van der Waals surface area contributed by atoms with Crippen LogP contribution >= 0.6 is 0 Å². The van der Waals surface area contributed by atoms with Gasteiger partial charge in [0.15, 0.2) is 5.82 Å². The van der Waals surface area contributed by atoms with Gasteiger partial charge >= 0.3 is 0 Å². The monoisotopic (exact) mass is 378 g/mol. The number of nitriles is 1. The molecule has 0 bridgehead atoms. The van der Waals surface area contributed by atoms with Crippen molar-refractivity contribution in [3.8, 4) is 17.5 Å². The van der Waals surface area contributed by atoms with E-state index in [0.29, 0.717) is 29.6 Å². The Labute approximate surface area is 168 Å². The lowest BCUT2D eigenvalue weighted by atomic mass is 10.2. The van der Waals surface area contributed by atoms with Crippen molar-refractivity contribution >= 4 is 17.3 Å². The van der Waals surface area contributed by atoms with Crippen LogP contribution in [0.15, 0.2) is 85.2 Å². The maximum Gasteiger partial charge on any atom is 0.163 e. The summed E-state index contributed by atoms with van der Waals surface area (Å²) in [5, 5.41) is 15.6. The van der Waals surface area contributed by atoms with E-state index >= 15 is 0 Å². The Kier molecular flexibility index (Phi) is 5.40. The largest absolute Gasteiger partial charge is 0.366 e. The van der Waals surface area contributed by atoms with Crippen LogP contribution in [0.1, 0.15) is 11.1 Å². The van der Waals surface area contributed by atoms with Gasteiger partial charge < -0.3 is 10.6 Å². The Morgan fingerprint density at radius 1 is 0.862 bits per heavy atom. The molecule has 0 radical (unpaired) electrons. The van der Waals surface area contributed by atoms with Crippen LogP contribution < -0.4 is 10.6 Å². The number of hydrogen-bond donors (Lipinski definition) is 2. The summed E-state index contributed by atoms with van der Waals surface area (Å²) in [6.07, 6.45) is 3.57. The van der Waals surface area contributed by atoms with Crippen LogP contribution in [0.5, 0.6) is 0 Å². The van der Waals surface area contributed by atoms with Crippen molar-refractivity contribution in [2.45, 2.75) is 6.54 Å². The highest BCUT2D eigenvalue weighted by Gasteiger charge is 2.08. The van der Waals surface area contributed by atoms with Crippen LogP contribution in [0.3, 0.4) is 0 Å². The molecule has 4 aromatic rings. The lowest BCUT2D eigenvalue weighted by Gasteiger charge is -2.12. The number of benzene rings is 2. The minimum atomic E-state index is 0.607. The number of aromatic nitrogens is 3. The Balaban J connectivity index is 1.63. The zero-order valence-corrected chi connectivity index (χ0v) is 15.6. The molecular formula is C23H18N6. The Morgan fingerprint density at radius 2 is 1.66 bits per heavy atom. The molecule has 0 aliphatic carbocycles. The second-order valence-electron chi connectivity index (χ2n) is 6.36. The van der Waals surface area contributed by atoms with E-state index in [9.17, 15) is 0 Å². The molecule has 140 valence electrons. The van der Waals surface area contributed by atoms with Gasteiger partial charge in [0.25, 0.3) is 0 Å². The second-order valence-corrected chi connectivity index (χ2v) is 6.36. The molecule has 2 N–H and O–H groups in total. The van der Waals surface area contributed by atoms with Crippen molar-refractivity contribution in [3.05, 3.63) is 96.3 Å². The molecule has 2 heterocycles. The minimum absolute atomic E-state index is 0.607. The smallest absolute Gasteiger partial charge is 0.163 e. The summed E-state index contributed by atoms with van der Waals surface area (Å²) in [5.74, 6) is 1.99. The molecule has 0 aliphatic heterocycles.